The number of sulfonamides is 1. The first-order chi connectivity index (χ1) is 11.0. The van der Waals surface area contributed by atoms with Crippen LogP contribution in [-0.2, 0) is 14.8 Å². The van der Waals surface area contributed by atoms with E-state index in [0.29, 0.717) is 31.9 Å². The lowest BCUT2D eigenvalue weighted by Crippen LogP contribution is -2.66. The average Bonchev–Trinajstić information content (AvgIpc) is 3.15. The normalized spacial score (nSPS) is 23.8. The van der Waals surface area contributed by atoms with E-state index in [1.165, 1.54) is 15.6 Å². The fourth-order valence-corrected chi connectivity index (χ4v) is 4.98. The number of amides is 1. The molecule has 0 saturated carbocycles. The van der Waals surface area contributed by atoms with Crippen molar-refractivity contribution in [2.75, 3.05) is 32.0 Å². The van der Waals surface area contributed by atoms with E-state index in [2.05, 4.69) is 10.3 Å². The third kappa shape index (κ3) is 3.28. The summed E-state index contributed by atoms with van der Waals surface area (Å²) in [5.74, 6) is 0.238. The highest BCUT2D eigenvalue weighted by molar-refractivity contribution is 7.89. The van der Waals surface area contributed by atoms with Crippen molar-refractivity contribution in [3.63, 3.8) is 0 Å². The van der Waals surface area contributed by atoms with Crippen molar-refractivity contribution in [2.24, 2.45) is 5.92 Å². The number of nitrogens with zero attached hydrogens (tertiary/aromatic N) is 2. The largest absolute Gasteiger partial charge is 0.372 e. The third-order valence-electron chi connectivity index (χ3n) is 4.69. The number of ether oxygens (including phenoxy) is 1. The van der Waals surface area contributed by atoms with E-state index in [1.807, 2.05) is 0 Å². The van der Waals surface area contributed by atoms with Gasteiger partial charge < -0.3 is 10.1 Å². The Morgan fingerprint density at radius 1 is 1.57 bits per heavy atom. The second-order valence-corrected chi connectivity index (χ2v) is 8.96. The molecular weight excluding hydrogens is 338 g/mol. The quantitative estimate of drug-likeness (QED) is 0.808. The first-order valence-electron chi connectivity index (χ1n) is 7.75. The topological polar surface area (TPSA) is 88.6 Å². The molecule has 2 aliphatic rings. The number of thiazole rings is 1. The number of hydrogen-bond acceptors (Lipinski definition) is 6. The lowest BCUT2D eigenvalue weighted by molar-refractivity contribution is -0.102. The minimum absolute atomic E-state index is 0.122. The second-order valence-electron chi connectivity index (χ2n) is 5.99. The molecule has 1 aromatic heterocycles. The number of rotatable bonds is 6. The van der Waals surface area contributed by atoms with E-state index in [0.717, 1.165) is 12.8 Å². The van der Waals surface area contributed by atoms with Gasteiger partial charge in [0.2, 0.25) is 10.0 Å². The molecule has 1 N–H and O–H groups in total. The van der Waals surface area contributed by atoms with Crippen LogP contribution in [0.1, 0.15) is 30.3 Å². The predicted molar refractivity (Wildman–Crippen MR) is 86.9 cm³/mol. The molecular formula is C14H21N3O4S2. The SMILES string of the molecule is CCS(=O)(=O)N1CC2(C1)OCC[C@H]2CCNC(=O)c1cscn1. The zero-order chi connectivity index (χ0) is 16.5. The monoisotopic (exact) mass is 359 g/mol. The first-order valence-corrected chi connectivity index (χ1v) is 10.3. The first kappa shape index (κ1) is 16.8. The van der Waals surface area contributed by atoms with Crippen molar-refractivity contribution >= 4 is 27.3 Å². The maximum atomic E-state index is 11.9. The van der Waals surface area contributed by atoms with Gasteiger partial charge in [-0.15, -0.1) is 11.3 Å². The zero-order valence-electron chi connectivity index (χ0n) is 13.0. The Labute approximate surface area is 140 Å². The molecule has 2 aliphatic heterocycles. The summed E-state index contributed by atoms with van der Waals surface area (Å²) in [6.45, 7) is 3.74. The van der Waals surface area contributed by atoms with E-state index in [9.17, 15) is 13.2 Å². The van der Waals surface area contributed by atoms with E-state index in [1.54, 1.807) is 17.8 Å². The molecule has 3 rings (SSSR count). The highest BCUT2D eigenvalue weighted by Crippen LogP contribution is 2.42. The van der Waals surface area contributed by atoms with Crippen molar-refractivity contribution in [3.8, 4) is 0 Å². The molecule has 0 aliphatic carbocycles. The molecule has 7 nitrogen and oxygen atoms in total. The van der Waals surface area contributed by atoms with Crippen LogP contribution in [0.4, 0.5) is 0 Å². The molecule has 23 heavy (non-hydrogen) atoms. The second kappa shape index (κ2) is 6.46. The van der Waals surface area contributed by atoms with Crippen molar-refractivity contribution < 1.29 is 17.9 Å². The Kier molecular flexibility index (Phi) is 4.73. The number of carbonyl (C=O) groups excluding carboxylic acids is 1. The average molecular weight is 359 g/mol. The summed E-state index contributed by atoms with van der Waals surface area (Å²) in [6.07, 6.45) is 1.70. The van der Waals surface area contributed by atoms with Crippen molar-refractivity contribution in [1.29, 1.82) is 0 Å². The van der Waals surface area contributed by atoms with Crippen LogP contribution in [-0.4, -0.2) is 61.2 Å². The summed E-state index contributed by atoms with van der Waals surface area (Å²) in [6, 6.07) is 0. The number of carbonyl (C=O) groups is 1. The molecule has 0 bridgehead atoms. The van der Waals surface area contributed by atoms with Gasteiger partial charge in [0, 0.05) is 31.6 Å². The fraction of sp³-hybridized carbons (Fsp3) is 0.714. The van der Waals surface area contributed by atoms with Crippen LogP contribution in [0.5, 0.6) is 0 Å². The van der Waals surface area contributed by atoms with Crippen LogP contribution >= 0.6 is 11.3 Å². The maximum absolute atomic E-state index is 11.9. The molecule has 0 radical (unpaired) electrons. The van der Waals surface area contributed by atoms with E-state index in [-0.39, 0.29) is 23.2 Å². The Morgan fingerprint density at radius 3 is 3.00 bits per heavy atom. The van der Waals surface area contributed by atoms with Crippen molar-refractivity contribution in [1.82, 2.24) is 14.6 Å². The molecule has 3 heterocycles. The number of aromatic nitrogens is 1. The third-order valence-corrected chi connectivity index (χ3v) is 7.05. The molecule has 0 aromatic carbocycles. The van der Waals surface area contributed by atoms with Gasteiger partial charge in [0.25, 0.3) is 5.91 Å². The van der Waals surface area contributed by atoms with Crippen LogP contribution in [0.25, 0.3) is 0 Å². The Bertz CT molecular complexity index is 654. The van der Waals surface area contributed by atoms with E-state index in [4.69, 9.17) is 4.74 Å². The molecule has 1 atom stereocenters. The molecule has 1 aromatic rings. The minimum atomic E-state index is -3.14. The van der Waals surface area contributed by atoms with Crippen LogP contribution in [0.3, 0.4) is 0 Å². The van der Waals surface area contributed by atoms with Crippen LogP contribution in [0.15, 0.2) is 10.9 Å². The Morgan fingerprint density at radius 2 is 2.35 bits per heavy atom. The van der Waals surface area contributed by atoms with Gasteiger partial charge in [0.05, 0.1) is 16.9 Å². The molecule has 1 amide bonds. The van der Waals surface area contributed by atoms with Crippen molar-refractivity contribution in [3.05, 3.63) is 16.6 Å². The lowest BCUT2D eigenvalue weighted by Gasteiger charge is -2.49. The highest BCUT2D eigenvalue weighted by atomic mass is 32.2. The van der Waals surface area contributed by atoms with Gasteiger partial charge in [-0.2, -0.15) is 4.31 Å². The van der Waals surface area contributed by atoms with Gasteiger partial charge >= 0.3 is 0 Å². The molecule has 2 fully saturated rings. The Balaban J connectivity index is 1.50. The molecule has 1 spiro atoms. The lowest BCUT2D eigenvalue weighted by atomic mass is 9.80. The molecule has 0 unspecified atom stereocenters. The maximum Gasteiger partial charge on any atom is 0.270 e. The van der Waals surface area contributed by atoms with Gasteiger partial charge in [-0.1, -0.05) is 0 Å². The number of nitrogens with one attached hydrogen (secondary N) is 1. The van der Waals surface area contributed by atoms with Crippen molar-refractivity contribution in [2.45, 2.75) is 25.4 Å². The molecule has 128 valence electrons. The summed E-state index contributed by atoms with van der Waals surface area (Å²) >= 11 is 1.39. The fourth-order valence-electron chi connectivity index (χ4n) is 3.25. The van der Waals surface area contributed by atoms with Crippen LogP contribution in [0, 0.1) is 5.92 Å². The van der Waals surface area contributed by atoms with Gasteiger partial charge in [-0.05, 0) is 25.7 Å². The standard InChI is InChI=1S/C14H21N3O4S2/c1-2-23(19,20)17-8-14(9-17)11(4-6-21-14)3-5-15-13(18)12-7-22-10-16-12/h7,10-11H,2-6,8-9H2,1H3,(H,15,18)/t11-/m1/s1. The van der Waals surface area contributed by atoms with Gasteiger partial charge in [0.1, 0.15) is 5.69 Å². The molecule has 2 saturated heterocycles. The van der Waals surface area contributed by atoms with Crippen LogP contribution in [0.2, 0.25) is 0 Å². The summed E-state index contributed by atoms with van der Waals surface area (Å²) in [5.41, 5.74) is 1.72. The van der Waals surface area contributed by atoms with Gasteiger partial charge in [-0.3, -0.25) is 4.79 Å². The Hall–Kier alpha value is -1.03. The highest BCUT2D eigenvalue weighted by Gasteiger charge is 2.55. The van der Waals surface area contributed by atoms with Gasteiger partial charge in [0.15, 0.2) is 0 Å². The smallest absolute Gasteiger partial charge is 0.270 e. The summed E-state index contributed by atoms with van der Waals surface area (Å²) < 4.78 is 31.1. The summed E-state index contributed by atoms with van der Waals surface area (Å²) in [4.78, 5) is 15.8. The number of hydrogen-bond donors (Lipinski definition) is 1. The molecule has 9 heteroatoms. The predicted octanol–water partition coefficient (Wildman–Crippen LogP) is 0.704. The zero-order valence-corrected chi connectivity index (χ0v) is 14.7. The van der Waals surface area contributed by atoms with E-state index < -0.39 is 10.0 Å². The summed E-state index contributed by atoms with van der Waals surface area (Å²) in [5, 5.41) is 4.59. The van der Waals surface area contributed by atoms with Gasteiger partial charge in [-0.25, -0.2) is 13.4 Å². The minimum Gasteiger partial charge on any atom is -0.372 e. The van der Waals surface area contributed by atoms with E-state index >= 15 is 0 Å². The van der Waals surface area contributed by atoms with Crippen LogP contribution < -0.4 is 5.32 Å². The summed E-state index contributed by atoms with van der Waals surface area (Å²) in [7, 11) is -3.14.